The van der Waals surface area contributed by atoms with Crippen LogP contribution in [0.15, 0.2) is 30.3 Å². The van der Waals surface area contributed by atoms with Crippen LogP contribution in [0, 0.1) is 5.92 Å². The third kappa shape index (κ3) is 4.39. The number of hydrogen-bond acceptors (Lipinski definition) is 3. The Hall–Kier alpha value is -1.26. The molecule has 128 valence electrons. The maximum Gasteiger partial charge on any atom is 0.242 e. The second-order valence-corrected chi connectivity index (χ2v) is 6.72. The molecule has 0 aromatic heterocycles. The van der Waals surface area contributed by atoms with Crippen molar-refractivity contribution in [1.82, 2.24) is 4.90 Å². The maximum absolute atomic E-state index is 12.6. The Kier molecular flexibility index (Phi) is 6.31. The Balaban J connectivity index is 0.00000192. The van der Waals surface area contributed by atoms with Gasteiger partial charge in [0.15, 0.2) is 0 Å². The first-order valence-corrected chi connectivity index (χ1v) is 8.43. The highest BCUT2D eigenvalue weighted by Crippen LogP contribution is 2.30. The smallest absolute Gasteiger partial charge is 0.242 e. The molecule has 1 aliphatic carbocycles. The van der Waals surface area contributed by atoms with Crippen LogP contribution in [0.25, 0.3) is 0 Å². The highest BCUT2D eigenvalue weighted by atomic mass is 35.5. The monoisotopic (exact) mass is 338 g/mol. The zero-order valence-electron chi connectivity index (χ0n) is 13.6. The Morgan fingerprint density at radius 3 is 2.39 bits per heavy atom. The van der Waals surface area contributed by atoms with Gasteiger partial charge in [0.05, 0.1) is 12.1 Å². The number of carbonyl (C=O) groups is 1. The van der Waals surface area contributed by atoms with Gasteiger partial charge in [0.1, 0.15) is 5.75 Å². The third-order valence-electron chi connectivity index (χ3n) is 5.05. The molecule has 1 heterocycles. The van der Waals surface area contributed by atoms with E-state index in [9.17, 15) is 4.79 Å². The first-order valence-electron chi connectivity index (χ1n) is 8.43. The molecule has 4 nitrogen and oxygen atoms in total. The van der Waals surface area contributed by atoms with Gasteiger partial charge in [-0.1, -0.05) is 31.0 Å². The van der Waals surface area contributed by atoms with Crippen LogP contribution in [-0.4, -0.2) is 36.0 Å². The molecule has 1 aliphatic heterocycles. The standard InChI is InChI=1S/C18H26N2O2.ClH/c19-18(10-4-5-11-18)17(21)20-12-8-15(9-13-20)14-22-16-6-2-1-3-7-16;/h1-3,6-7,15H,4-5,8-14,19H2;1H. The summed E-state index contributed by atoms with van der Waals surface area (Å²) in [5.74, 6) is 1.63. The number of likely N-dealkylation sites (tertiary alicyclic amines) is 1. The first kappa shape index (κ1) is 18.1. The van der Waals surface area contributed by atoms with E-state index in [0.29, 0.717) is 5.92 Å². The number of amides is 1. The molecule has 2 aliphatic rings. The highest BCUT2D eigenvalue weighted by Gasteiger charge is 2.40. The average Bonchev–Trinajstić information content (AvgIpc) is 3.02. The lowest BCUT2D eigenvalue weighted by atomic mass is 9.93. The second kappa shape index (κ2) is 8.02. The Labute approximate surface area is 144 Å². The molecule has 0 unspecified atom stereocenters. The van der Waals surface area contributed by atoms with Crippen molar-refractivity contribution in [2.24, 2.45) is 11.7 Å². The molecule has 23 heavy (non-hydrogen) atoms. The van der Waals surface area contributed by atoms with Gasteiger partial charge in [-0.05, 0) is 43.7 Å². The average molecular weight is 339 g/mol. The quantitative estimate of drug-likeness (QED) is 0.918. The summed E-state index contributed by atoms with van der Waals surface area (Å²) >= 11 is 0. The van der Waals surface area contributed by atoms with Crippen LogP contribution in [0.1, 0.15) is 38.5 Å². The molecule has 0 atom stereocenters. The number of halogens is 1. The van der Waals surface area contributed by atoms with Crippen molar-refractivity contribution in [3.63, 3.8) is 0 Å². The molecule has 5 heteroatoms. The minimum atomic E-state index is -0.576. The number of ether oxygens (including phenoxy) is 1. The molecule has 1 saturated carbocycles. The molecule has 3 rings (SSSR count). The van der Waals surface area contributed by atoms with Crippen LogP contribution in [0.4, 0.5) is 0 Å². The van der Waals surface area contributed by atoms with Crippen molar-refractivity contribution in [2.45, 2.75) is 44.1 Å². The molecule has 1 amide bonds. The molecular weight excluding hydrogens is 312 g/mol. The van der Waals surface area contributed by atoms with E-state index in [4.69, 9.17) is 10.5 Å². The fourth-order valence-electron chi connectivity index (χ4n) is 3.57. The topological polar surface area (TPSA) is 55.6 Å². The summed E-state index contributed by atoms with van der Waals surface area (Å²) in [5, 5.41) is 0. The summed E-state index contributed by atoms with van der Waals surface area (Å²) in [5.41, 5.74) is 5.71. The second-order valence-electron chi connectivity index (χ2n) is 6.72. The van der Waals surface area contributed by atoms with E-state index < -0.39 is 5.54 Å². The van der Waals surface area contributed by atoms with Gasteiger partial charge in [0.25, 0.3) is 0 Å². The van der Waals surface area contributed by atoms with Crippen molar-refractivity contribution in [2.75, 3.05) is 19.7 Å². The molecule has 2 N–H and O–H groups in total. The summed E-state index contributed by atoms with van der Waals surface area (Å²) in [4.78, 5) is 14.6. The largest absolute Gasteiger partial charge is 0.493 e. The van der Waals surface area contributed by atoms with Crippen molar-refractivity contribution in [3.05, 3.63) is 30.3 Å². The Morgan fingerprint density at radius 1 is 1.17 bits per heavy atom. The van der Waals surface area contributed by atoms with Gasteiger partial charge in [-0.3, -0.25) is 4.79 Å². The van der Waals surface area contributed by atoms with E-state index >= 15 is 0 Å². The molecule has 1 saturated heterocycles. The Morgan fingerprint density at radius 2 is 1.78 bits per heavy atom. The predicted molar refractivity (Wildman–Crippen MR) is 93.9 cm³/mol. The summed E-state index contributed by atoms with van der Waals surface area (Å²) in [6.07, 6.45) is 5.89. The lowest BCUT2D eigenvalue weighted by Gasteiger charge is -2.36. The third-order valence-corrected chi connectivity index (χ3v) is 5.05. The van der Waals surface area contributed by atoms with E-state index in [0.717, 1.165) is 64.0 Å². The molecule has 1 aromatic rings. The van der Waals surface area contributed by atoms with Crippen LogP contribution in [0.2, 0.25) is 0 Å². The summed E-state index contributed by atoms with van der Waals surface area (Å²) in [7, 11) is 0. The van der Waals surface area contributed by atoms with Crippen LogP contribution >= 0.6 is 12.4 Å². The van der Waals surface area contributed by atoms with Gasteiger partial charge in [0.2, 0.25) is 5.91 Å². The van der Waals surface area contributed by atoms with Gasteiger partial charge >= 0.3 is 0 Å². The minimum absolute atomic E-state index is 0. The molecule has 0 spiro atoms. The highest BCUT2D eigenvalue weighted by molar-refractivity contribution is 5.86. The van der Waals surface area contributed by atoms with Gasteiger partial charge in [-0.25, -0.2) is 0 Å². The van der Waals surface area contributed by atoms with Crippen LogP contribution < -0.4 is 10.5 Å². The fraction of sp³-hybridized carbons (Fsp3) is 0.611. The SMILES string of the molecule is Cl.NC1(C(=O)N2CCC(COc3ccccc3)CC2)CCCC1. The summed E-state index contributed by atoms with van der Waals surface area (Å²) in [6.45, 7) is 2.38. The summed E-state index contributed by atoms with van der Waals surface area (Å²) < 4.78 is 5.83. The van der Waals surface area contributed by atoms with Crippen LogP contribution in [-0.2, 0) is 4.79 Å². The number of carbonyl (C=O) groups excluding carboxylic acids is 1. The van der Waals surface area contributed by atoms with Crippen LogP contribution in [0.5, 0.6) is 5.75 Å². The number of para-hydroxylation sites is 1. The number of piperidine rings is 1. The lowest BCUT2D eigenvalue weighted by Crippen LogP contribution is -2.55. The van der Waals surface area contributed by atoms with Crippen molar-refractivity contribution >= 4 is 18.3 Å². The van der Waals surface area contributed by atoms with Crippen molar-refractivity contribution in [3.8, 4) is 5.75 Å². The molecule has 0 bridgehead atoms. The molecule has 0 radical (unpaired) electrons. The van der Waals surface area contributed by atoms with Crippen molar-refractivity contribution in [1.29, 1.82) is 0 Å². The zero-order chi connectivity index (χ0) is 15.4. The first-order chi connectivity index (χ1) is 10.7. The molecular formula is C18H27ClN2O2. The maximum atomic E-state index is 12.6. The lowest BCUT2D eigenvalue weighted by molar-refractivity contribution is -0.138. The van der Waals surface area contributed by atoms with Gasteiger partial charge in [0, 0.05) is 13.1 Å². The number of nitrogens with zero attached hydrogens (tertiary/aromatic N) is 1. The number of benzene rings is 1. The fourth-order valence-corrected chi connectivity index (χ4v) is 3.57. The summed E-state index contributed by atoms with van der Waals surface area (Å²) in [6, 6.07) is 9.92. The number of hydrogen-bond donors (Lipinski definition) is 1. The van der Waals surface area contributed by atoms with E-state index in [1.807, 2.05) is 35.2 Å². The van der Waals surface area contributed by atoms with Gasteiger partial charge in [-0.2, -0.15) is 0 Å². The minimum Gasteiger partial charge on any atom is -0.493 e. The number of rotatable bonds is 4. The molecule has 2 fully saturated rings. The van der Waals surface area contributed by atoms with E-state index in [1.54, 1.807) is 0 Å². The number of nitrogens with two attached hydrogens (primary N) is 1. The van der Waals surface area contributed by atoms with E-state index in [-0.39, 0.29) is 18.3 Å². The van der Waals surface area contributed by atoms with Crippen molar-refractivity contribution < 1.29 is 9.53 Å². The van der Waals surface area contributed by atoms with Crippen LogP contribution in [0.3, 0.4) is 0 Å². The molecule has 1 aromatic carbocycles. The van der Waals surface area contributed by atoms with E-state index in [1.165, 1.54) is 0 Å². The predicted octanol–water partition coefficient (Wildman–Crippen LogP) is 3.00. The van der Waals surface area contributed by atoms with Gasteiger partial charge < -0.3 is 15.4 Å². The zero-order valence-corrected chi connectivity index (χ0v) is 14.4. The van der Waals surface area contributed by atoms with E-state index in [2.05, 4.69) is 0 Å². The normalized spacial score (nSPS) is 20.8. The van der Waals surface area contributed by atoms with Gasteiger partial charge in [-0.15, -0.1) is 12.4 Å². The Bertz CT molecular complexity index is 495.